The highest BCUT2D eigenvalue weighted by Crippen LogP contribution is 2.48. The van der Waals surface area contributed by atoms with Gasteiger partial charge in [-0.15, -0.1) is 0 Å². The lowest BCUT2D eigenvalue weighted by molar-refractivity contribution is -0.0491. The summed E-state index contributed by atoms with van der Waals surface area (Å²) >= 11 is 0. The minimum Gasteiger partial charge on any atom is -0.395 e. The topological polar surface area (TPSA) is 55.8 Å². The number of benzene rings is 2. The van der Waals surface area contributed by atoms with E-state index in [1.807, 2.05) is 37.3 Å². The zero-order chi connectivity index (χ0) is 19.7. The van der Waals surface area contributed by atoms with Crippen molar-refractivity contribution in [3.63, 3.8) is 0 Å². The molecule has 2 aliphatic heterocycles. The summed E-state index contributed by atoms with van der Waals surface area (Å²) in [6.07, 6.45) is 0.874. The maximum absolute atomic E-state index is 14.2. The van der Waals surface area contributed by atoms with Gasteiger partial charge in [0.15, 0.2) is 0 Å². The van der Waals surface area contributed by atoms with Gasteiger partial charge in [-0.25, -0.2) is 9.18 Å². The number of para-hydroxylation sites is 1. The molecule has 2 aromatic rings. The Bertz CT molecular complexity index is 859. The van der Waals surface area contributed by atoms with Gasteiger partial charge in [0.1, 0.15) is 5.82 Å². The molecule has 0 saturated carbocycles. The second kappa shape index (κ2) is 7.89. The van der Waals surface area contributed by atoms with E-state index in [4.69, 9.17) is 0 Å². The first-order chi connectivity index (χ1) is 13.7. The number of hydrogen-bond acceptors (Lipinski definition) is 3. The highest BCUT2D eigenvalue weighted by Gasteiger charge is 2.53. The van der Waals surface area contributed by atoms with Gasteiger partial charge in [-0.1, -0.05) is 43.3 Å². The van der Waals surface area contributed by atoms with Crippen molar-refractivity contribution in [2.75, 3.05) is 24.6 Å². The Kier molecular flexibility index (Phi) is 5.33. The van der Waals surface area contributed by atoms with E-state index in [2.05, 4.69) is 10.2 Å². The number of urea groups is 1. The number of amides is 2. The zero-order valence-electron chi connectivity index (χ0n) is 16.0. The fourth-order valence-electron chi connectivity index (χ4n) is 4.54. The molecule has 1 fully saturated rings. The summed E-state index contributed by atoms with van der Waals surface area (Å²) in [5.41, 5.74) is 2.59. The van der Waals surface area contributed by atoms with Gasteiger partial charge in [-0.3, -0.25) is 9.80 Å². The van der Waals surface area contributed by atoms with Crippen molar-refractivity contribution in [1.82, 2.24) is 10.2 Å². The van der Waals surface area contributed by atoms with Crippen LogP contribution in [0.4, 0.5) is 14.9 Å². The van der Waals surface area contributed by atoms with Gasteiger partial charge in [0.05, 0.1) is 6.61 Å². The average Bonchev–Trinajstić information content (AvgIpc) is 2.71. The molecule has 2 amide bonds. The molecule has 2 aliphatic rings. The molecule has 2 aromatic carbocycles. The molecule has 2 N–H and O–H groups in total. The first-order valence-electron chi connectivity index (χ1n) is 9.90. The number of nitrogens with zero attached hydrogens (tertiary/aromatic N) is 2. The van der Waals surface area contributed by atoms with Crippen LogP contribution in [0.5, 0.6) is 0 Å². The number of halogens is 1. The van der Waals surface area contributed by atoms with Crippen LogP contribution in [0.25, 0.3) is 0 Å². The lowest BCUT2D eigenvalue weighted by Crippen LogP contribution is -2.69. The molecule has 5 nitrogen and oxygen atoms in total. The minimum absolute atomic E-state index is 0.00594. The van der Waals surface area contributed by atoms with Crippen LogP contribution in [-0.4, -0.2) is 47.8 Å². The summed E-state index contributed by atoms with van der Waals surface area (Å²) in [5.74, 6) is -0.0976. The molecule has 0 unspecified atom stereocenters. The second-order valence-electron chi connectivity index (χ2n) is 7.51. The van der Waals surface area contributed by atoms with Crippen LogP contribution in [0.3, 0.4) is 0 Å². The normalized spacial score (nSPS) is 23.5. The van der Waals surface area contributed by atoms with E-state index in [-0.39, 0.29) is 36.5 Å². The molecule has 0 bridgehead atoms. The van der Waals surface area contributed by atoms with Crippen molar-refractivity contribution in [3.05, 3.63) is 65.5 Å². The smallest absolute Gasteiger partial charge is 0.321 e. The monoisotopic (exact) mass is 383 g/mol. The number of anilines is 1. The van der Waals surface area contributed by atoms with Gasteiger partial charge in [0, 0.05) is 48.9 Å². The van der Waals surface area contributed by atoms with Gasteiger partial charge < -0.3 is 10.4 Å². The molecule has 0 spiro atoms. The third kappa shape index (κ3) is 3.16. The molecule has 148 valence electrons. The minimum atomic E-state index is -0.239. The Hall–Kier alpha value is -2.44. The summed E-state index contributed by atoms with van der Waals surface area (Å²) in [4.78, 5) is 16.7. The predicted octanol–water partition coefficient (Wildman–Crippen LogP) is 3.09. The number of rotatable bonds is 5. The molecular weight excluding hydrogens is 357 g/mol. The number of carbonyl (C=O) groups excluding carboxylic acids is 1. The number of carbonyl (C=O) groups is 1. The van der Waals surface area contributed by atoms with Gasteiger partial charge in [-0.2, -0.15) is 0 Å². The largest absolute Gasteiger partial charge is 0.395 e. The Balaban J connectivity index is 1.63. The number of likely N-dealkylation sites (tertiary alicyclic amines) is 1. The number of aliphatic hydroxyl groups is 1. The zero-order valence-corrected chi connectivity index (χ0v) is 16.0. The Morgan fingerprint density at radius 1 is 1.21 bits per heavy atom. The molecule has 0 radical (unpaired) electrons. The van der Waals surface area contributed by atoms with E-state index >= 15 is 0 Å². The van der Waals surface area contributed by atoms with Crippen molar-refractivity contribution in [2.45, 2.75) is 37.9 Å². The van der Waals surface area contributed by atoms with E-state index in [0.29, 0.717) is 25.2 Å². The van der Waals surface area contributed by atoms with Crippen molar-refractivity contribution < 1.29 is 14.3 Å². The molecule has 3 atom stereocenters. The van der Waals surface area contributed by atoms with Crippen molar-refractivity contribution in [1.29, 1.82) is 0 Å². The van der Waals surface area contributed by atoms with Crippen LogP contribution in [0, 0.1) is 5.82 Å². The molecule has 1 saturated heterocycles. The van der Waals surface area contributed by atoms with Crippen molar-refractivity contribution in [2.24, 2.45) is 0 Å². The number of hydrogen-bond donors (Lipinski definition) is 2. The van der Waals surface area contributed by atoms with Crippen LogP contribution >= 0.6 is 0 Å². The summed E-state index contributed by atoms with van der Waals surface area (Å²) in [6.45, 7) is 3.61. The van der Waals surface area contributed by atoms with Crippen LogP contribution in [0.15, 0.2) is 48.5 Å². The van der Waals surface area contributed by atoms with E-state index < -0.39 is 0 Å². The molecule has 2 heterocycles. The quantitative estimate of drug-likeness (QED) is 0.834. The average molecular weight is 383 g/mol. The van der Waals surface area contributed by atoms with E-state index in [9.17, 15) is 14.3 Å². The van der Waals surface area contributed by atoms with E-state index in [0.717, 1.165) is 17.7 Å². The van der Waals surface area contributed by atoms with Crippen LogP contribution in [0.1, 0.15) is 30.4 Å². The summed E-state index contributed by atoms with van der Waals surface area (Å²) < 4.78 is 14.2. The molecule has 6 heteroatoms. The van der Waals surface area contributed by atoms with Gasteiger partial charge in [-0.05, 0) is 24.1 Å². The Labute approximate surface area is 164 Å². The first kappa shape index (κ1) is 18.9. The van der Waals surface area contributed by atoms with Gasteiger partial charge in [0.25, 0.3) is 0 Å². The fraction of sp³-hybridized carbons (Fsp3) is 0.409. The number of aliphatic hydroxyl groups excluding tert-OH is 1. The molecule has 0 aliphatic carbocycles. The number of fused-ring (bicyclic) bond motifs is 3. The number of nitrogens with one attached hydrogen (secondary N) is 1. The fourth-order valence-corrected chi connectivity index (χ4v) is 4.54. The van der Waals surface area contributed by atoms with Crippen LogP contribution < -0.4 is 10.2 Å². The predicted molar refractivity (Wildman–Crippen MR) is 107 cm³/mol. The highest BCUT2D eigenvalue weighted by molar-refractivity contribution is 5.94. The lowest BCUT2D eigenvalue weighted by atomic mass is 9.72. The summed E-state index contributed by atoms with van der Waals surface area (Å²) in [6, 6.07) is 14.5. The molecule has 28 heavy (non-hydrogen) atoms. The summed E-state index contributed by atoms with van der Waals surface area (Å²) in [5, 5.41) is 13.0. The maximum atomic E-state index is 14.2. The molecule has 0 aromatic heterocycles. The van der Waals surface area contributed by atoms with Gasteiger partial charge in [0.2, 0.25) is 0 Å². The first-order valence-corrected chi connectivity index (χ1v) is 9.90. The van der Waals surface area contributed by atoms with Crippen molar-refractivity contribution >= 4 is 11.7 Å². The third-order valence-corrected chi connectivity index (χ3v) is 5.91. The molecular formula is C22H26FN3O2. The van der Waals surface area contributed by atoms with Gasteiger partial charge >= 0.3 is 6.03 Å². The lowest BCUT2D eigenvalue weighted by Gasteiger charge is -2.59. The Morgan fingerprint density at radius 2 is 1.96 bits per heavy atom. The third-order valence-electron chi connectivity index (χ3n) is 5.91. The van der Waals surface area contributed by atoms with Crippen molar-refractivity contribution in [3.8, 4) is 0 Å². The standard InChI is InChI=1S/C22H26FN3O2/c1-2-11-24-22(28)26-13-19-21(16-8-4-6-10-18(16)26)20(14-27)25(19)12-15-7-3-5-9-17(15)23/h3-10,19-21,27H,2,11-14H2,1H3,(H,24,28)/t19-,20+,21+/m1/s1. The maximum Gasteiger partial charge on any atom is 0.321 e. The molecule has 4 rings (SSSR count). The Morgan fingerprint density at radius 3 is 2.71 bits per heavy atom. The highest BCUT2D eigenvalue weighted by atomic mass is 19.1. The van der Waals surface area contributed by atoms with Crippen LogP contribution in [0.2, 0.25) is 0 Å². The summed E-state index contributed by atoms with van der Waals surface area (Å²) in [7, 11) is 0. The van der Waals surface area contributed by atoms with E-state index in [1.165, 1.54) is 6.07 Å². The van der Waals surface area contributed by atoms with Crippen LogP contribution in [-0.2, 0) is 6.54 Å². The second-order valence-corrected chi connectivity index (χ2v) is 7.51. The van der Waals surface area contributed by atoms with E-state index in [1.54, 1.807) is 17.0 Å². The SMILES string of the molecule is CCCNC(=O)N1C[C@@H]2[C@H](c3ccccc31)[C@H](CO)N2Cc1ccccc1F.